The highest BCUT2D eigenvalue weighted by Gasteiger charge is 2.42. The summed E-state index contributed by atoms with van der Waals surface area (Å²) in [6.07, 6.45) is 2.39. The highest BCUT2D eigenvalue weighted by atomic mass is 16.5. The van der Waals surface area contributed by atoms with Crippen LogP contribution in [0, 0.1) is 5.92 Å². The largest absolute Gasteiger partial charge is 0.496 e. The highest BCUT2D eigenvalue weighted by Crippen LogP contribution is 2.37. The lowest BCUT2D eigenvalue weighted by molar-refractivity contribution is -0.137. The topological polar surface area (TPSA) is 79.3 Å². The van der Waals surface area contributed by atoms with Crippen molar-refractivity contribution in [3.05, 3.63) is 35.5 Å². The van der Waals surface area contributed by atoms with Crippen molar-refractivity contribution in [2.45, 2.75) is 26.2 Å². The summed E-state index contributed by atoms with van der Waals surface area (Å²) in [4.78, 5) is 29.9. The van der Waals surface area contributed by atoms with E-state index in [0.717, 1.165) is 12.8 Å². The average Bonchev–Trinajstić information content (AvgIpc) is 3.01. The van der Waals surface area contributed by atoms with Gasteiger partial charge in [0.1, 0.15) is 11.4 Å². The smallest absolute Gasteiger partial charge is 0.277 e. The Morgan fingerprint density at radius 3 is 2.72 bits per heavy atom. The molecule has 0 spiro atoms. The summed E-state index contributed by atoms with van der Waals surface area (Å²) in [5.74, 6) is 0.0984. The Hall–Kier alpha value is -2.38. The normalized spacial score (nSPS) is 20.0. The number of hydrogen-bond donors (Lipinski definition) is 1. The first kappa shape index (κ1) is 21.3. The molecule has 7 heteroatoms. The number of nitrogens with zero attached hydrogens (tertiary/aromatic N) is 2. The van der Waals surface area contributed by atoms with E-state index in [2.05, 4.69) is 0 Å². The van der Waals surface area contributed by atoms with Gasteiger partial charge < -0.3 is 19.5 Å². The van der Waals surface area contributed by atoms with Crippen LogP contribution in [0.25, 0.3) is 5.57 Å². The monoisotopic (exact) mass is 402 g/mol. The molecule has 3 rings (SSSR count). The van der Waals surface area contributed by atoms with Gasteiger partial charge in [0.15, 0.2) is 0 Å². The molecule has 0 saturated carbocycles. The van der Waals surface area contributed by atoms with Crippen molar-refractivity contribution in [2.75, 3.05) is 46.6 Å². The third kappa shape index (κ3) is 4.46. The van der Waals surface area contributed by atoms with Crippen molar-refractivity contribution < 1.29 is 24.2 Å². The predicted molar refractivity (Wildman–Crippen MR) is 109 cm³/mol. The first-order valence-electron chi connectivity index (χ1n) is 10.3. The Balaban J connectivity index is 1.97. The molecular weight excluding hydrogens is 372 g/mol. The van der Waals surface area contributed by atoms with Gasteiger partial charge in [0.05, 0.1) is 12.7 Å². The number of carbonyl (C=O) groups excluding carboxylic acids is 2. The minimum absolute atomic E-state index is 0.0774. The number of amides is 2. The molecule has 1 saturated heterocycles. The number of ether oxygens (including phenoxy) is 2. The number of rotatable bonds is 9. The van der Waals surface area contributed by atoms with Crippen molar-refractivity contribution in [1.29, 1.82) is 0 Å². The maximum absolute atomic E-state index is 13.3. The van der Waals surface area contributed by atoms with Crippen LogP contribution < -0.4 is 4.74 Å². The van der Waals surface area contributed by atoms with Crippen LogP contribution in [0.1, 0.15) is 31.7 Å². The summed E-state index contributed by atoms with van der Waals surface area (Å²) in [5.41, 5.74) is 1.44. The molecular formula is C22H30N2O5. The molecule has 0 radical (unpaired) electrons. The number of benzene rings is 1. The lowest BCUT2D eigenvalue weighted by Crippen LogP contribution is -2.40. The molecule has 1 fully saturated rings. The lowest BCUT2D eigenvalue weighted by Gasteiger charge is -2.34. The van der Waals surface area contributed by atoms with Crippen LogP contribution in [0.5, 0.6) is 5.75 Å². The molecule has 158 valence electrons. The molecule has 0 aromatic heterocycles. The zero-order valence-corrected chi connectivity index (χ0v) is 17.2. The van der Waals surface area contributed by atoms with E-state index in [1.807, 2.05) is 30.0 Å². The van der Waals surface area contributed by atoms with Gasteiger partial charge in [0.25, 0.3) is 11.8 Å². The maximum Gasteiger partial charge on any atom is 0.277 e. The second-order valence-electron chi connectivity index (χ2n) is 7.37. The van der Waals surface area contributed by atoms with Gasteiger partial charge in [-0.25, -0.2) is 0 Å². The van der Waals surface area contributed by atoms with Crippen LogP contribution in [-0.4, -0.2) is 73.3 Å². The van der Waals surface area contributed by atoms with E-state index < -0.39 is 0 Å². The van der Waals surface area contributed by atoms with E-state index in [1.165, 1.54) is 4.90 Å². The minimum Gasteiger partial charge on any atom is -0.496 e. The molecule has 1 unspecified atom stereocenters. The summed E-state index contributed by atoms with van der Waals surface area (Å²) in [6, 6.07) is 7.29. The number of para-hydroxylation sites is 1. The van der Waals surface area contributed by atoms with Gasteiger partial charge in [0, 0.05) is 45.0 Å². The molecule has 1 aromatic rings. The van der Waals surface area contributed by atoms with Crippen molar-refractivity contribution in [2.24, 2.45) is 5.92 Å². The van der Waals surface area contributed by atoms with E-state index >= 15 is 0 Å². The number of carbonyl (C=O) groups is 2. The van der Waals surface area contributed by atoms with Gasteiger partial charge in [-0.15, -0.1) is 0 Å². The second kappa shape index (κ2) is 9.89. The van der Waals surface area contributed by atoms with Crippen molar-refractivity contribution in [1.82, 2.24) is 9.80 Å². The number of methoxy groups -OCH3 is 1. The van der Waals surface area contributed by atoms with Gasteiger partial charge in [-0.2, -0.15) is 0 Å². The number of piperidine rings is 1. The molecule has 0 aliphatic carbocycles. The Morgan fingerprint density at radius 2 is 2.00 bits per heavy atom. The standard InChI is InChI=1S/C22H30N2O5/c1-3-29-13-7-12-24-21(26)19(17-9-4-5-10-18(17)28-2)20(22(24)27)23-11-6-8-16(14-23)15-25/h4-5,9-10,16,25H,3,6-8,11-15H2,1-2H3. The molecule has 0 bridgehead atoms. The van der Waals surface area contributed by atoms with Gasteiger partial charge in [0.2, 0.25) is 0 Å². The average molecular weight is 402 g/mol. The van der Waals surface area contributed by atoms with E-state index in [9.17, 15) is 14.7 Å². The Kier molecular flexibility index (Phi) is 7.28. The number of aliphatic hydroxyl groups excluding tert-OH is 1. The van der Waals surface area contributed by atoms with Gasteiger partial charge in [-0.1, -0.05) is 18.2 Å². The van der Waals surface area contributed by atoms with Crippen molar-refractivity contribution >= 4 is 17.4 Å². The number of aliphatic hydroxyl groups is 1. The van der Waals surface area contributed by atoms with Crippen LogP contribution in [0.15, 0.2) is 30.0 Å². The summed E-state index contributed by atoms with van der Waals surface area (Å²) in [6.45, 7) is 4.68. The molecule has 7 nitrogen and oxygen atoms in total. The van der Waals surface area contributed by atoms with E-state index in [-0.39, 0.29) is 24.3 Å². The Labute approximate surface area is 171 Å². The molecule has 1 N–H and O–H groups in total. The second-order valence-corrected chi connectivity index (χ2v) is 7.37. The van der Waals surface area contributed by atoms with E-state index in [4.69, 9.17) is 9.47 Å². The maximum atomic E-state index is 13.3. The van der Waals surface area contributed by atoms with Crippen LogP contribution >= 0.6 is 0 Å². The number of likely N-dealkylation sites (tertiary alicyclic amines) is 1. The fourth-order valence-electron chi connectivity index (χ4n) is 4.04. The van der Waals surface area contributed by atoms with Crippen molar-refractivity contribution in [3.8, 4) is 5.75 Å². The molecule has 2 amide bonds. The molecule has 2 aliphatic rings. The predicted octanol–water partition coefficient (Wildman–Crippen LogP) is 1.91. The third-order valence-corrected chi connectivity index (χ3v) is 5.49. The van der Waals surface area contributed by atoms with Crippen LogP contribution in [0.4, 0.5) is 0 Å². The number of hydrogen-bond acceptors (Lipinski definition) is 6. The highest BCUT2D eigenvalue weighted by molar-refractivity contribution is 6.36. The lowest BCUT2D eigenvalue weighted by atomic mass is 9.96. The quantitative estimate of drug-likeness (QED) is 0.502. The van der Waals surface area contributed by atoms with E-state index in [1.54, 1.807) is 13.2 Å². The van der Waals surface area contributed by atoms with Crippen LogP contribution in [-0.2, 0) is 14.3 Å². The fourth-order valence-corrected chi connectivity index (χ4v) is 4.04. The van der Waals surface area contributed by atoms with Crippen molar-refractivity contribution in [3.63, 3.8) is 0 Å². The first-order valence-corrected chi connectivity index (χ1v) is 10.3. The van der Waals surface area contributed by atoms with Crippen LogP contribution in [0.2, 0.25) is 0 Å². The first-order chi connectivity index (χ1) is 14.1. The summed E-state index contributed by atoms with van der Waals surface area (Å²) < 4.78 is 10.8. The number of imide groups is 1. The van der Waals surface area contributed by atoms with Gasteiger partial charge in [-0.3, -0.25) is 14.5 Å². The Morgan fingerprint density at radius 1 is 1.21 bits per heavy atom. The SMILES string of the molecule is CCOCCCN1C(=O)C(c2ccccc2OC)=C(N2CCCC(CO)C2)C1=O. The van der Waals surface area contributed by atoms with Gasteiger partial charge >= 0.3 is 0 Å². The van der Waals surface area contributed by atoms with Gasteiger partial charge in [-0.05, 0) is 38.2 Å². The summed E-state index contributed by atoms with van der Waals surface area (Å²) in [5, 5.41) is 9.61. The molecule has 2 heterocycles. The van der Waals surface area contributed by atoms with Crippen LogP contribution in [0.3, 0.4) is 0 Å². The molecule has 2 aliphatic heterocycles. The zero-order valence-electron chi connectivity index (χ0n) is 17.2. The molecule has 29 heavy (non-hydrogen) atoms. The zero-order chi connectivity index (χ0) is 20.8. The third-order valence-electron chi connectivity index (χ3n) is 5.49. The molecule has 1 atom stereocenters. The minimum atomic E-state index is -0.294. The fraction of sp³-hybridized carbons (Fsp3) is 0.545. The Bertz CT molecular complexity index is 776. The van der Waals surface area contributed by atoms with E-state index in [0.29, 0.717) is 61.9 Å². The summed E-state index contributed by atoms with van der Waals surface area (Å²) >= 11 is 0. The summed E-state index contributed by atoms with van der Waals surface area (Å²) in [7, 11) is 1.56. The molecule has 1 aromatic carbocycles.